The number of carbonyl (C=O) groups is 2. The van der Waals surface area contributed by atoms with Crippen LogP contribution in [0.3, 0.4) is 0 Å². The van der Waals surface area contributed by atoms with Crippen LogP contribution in [0.5, 0.6) is 11.5 Å². The molecule has 204 valence electrons. The van der Waals surface area contributed by atoms with E-state index in [0.29, 0.717) is 9.13 Å². The summed E-state index contributed by atoms with van der Waals surface area (Å²) in [6.07, 6.45) is 1.61. The summed E-state index contributed by atoms with van der Waals surface area (Å²) in [4.78, 5) is 27.6. The van der Waals surface area contributed by atoms with Gasteiger partial charge in [-0.25, -0.2) is 0 Å². The maximum atomic E-state index is 13.3. The molecule has 0 aromatic heterocycles. The van der Waals surface area contributed by atoms with Gasteiger partial charge in [0.25, 0.3) is 11.1 Å². The molecule has 0 bridgehead atoms. The number of carbonyl (C=O) groups excluding carboxylic acids is 2. The highest BCUT2D eigenvalue weighted by molar-refractivity contribution is 14.1. The molecule has 10 heteroatoms. The third-order valence-corrected chi connectivity index (χ3v) is 9.16. The Labute approximate surface area is 250 Å². The van der Waals surface area contributed by atoms with Crippen LogP contribution in [0.1, 0.15) is 23.6 Å². The van der Waals surface area contributed by atoms with E-state index in [0.717, 1.165) is 33.7 Å². The van der Waals surface area contributed by atoms with Gasteiger partial charge in [0.05, 0.1) is 21.6 Å². The van der Waals surface area contributed by atoms with E-state index in [2.05, 4.69) is 0 Å². The van der Waals surface area contributed by atoms with Crippen molar-refractivity contribution in [3.05, 3.63) is 104 Å². The zero-order chi connectivity index (χ0) is 28.4. The third-order valence-electron chi connectivity index (χ3n) is 6.21. The second-order valence-corrected chi connectivity index (χ2v) is 12.7. The van der Waals surface area contributed by atoms with Crippen molar-refractivity contribution in [1.82, 2.24) is 4.90 Å². The molecule has 0 spiro atoms. The number of nitrogens with zero attached hydrogens (tertiary/aromatic N) is 1. The molecule has 5 rings (SSSR count). The molecule has 1 aliphatic rings. The van der Waals surface area contributed by atoms with Crippen molar-refractivity contribution in [2.45, 2.75) is 25.3 Å². The van der Waals surface area contributed by atoms with Gasteiger partial charge in [-0.05, 0) is 100 Å². The van der Waals surface area contributed by atoms with E-state index < -0.39 is 16.0 Å². The van der Waals surface area contributed by atoms with Gasteiger partial charge in [-0.1, -0.05) is 60.2 Å². The summed E-state index contributed by atoms with van der Waals surface area (Å²) < 4.78 is 37.6. The number of aryl methyl sites for hydroxylation is 1. The molecule has 0 radical (unpaired) electrons. The zero-order valence-corrected chi connectivity index (χ0v) is 25.4. The quantitative estimate of drug-likeness (QED) is 0.111. The summed E-state index contributed by atoms with van der Waals surface area (Å²) in [5.41, 5.74) is 2.38. The topological polar surface area (TPSA) is 90.0 Å². The molecule has 1 saturated heterocycles. The third kappa shape index (κ3) is 5.89. The fourth-order valence-electron chi connectivity index (χ4n) is 4.27. The molecule has 0 N–H and O–H groups in total. The molecular weight excluding hydrogens is 661 g/mol. The average molecular weight is 686 g/mol. The Morgan fingerprint density at radius 1 is 0.975 bits per heavy atom. The van der Waals surface area contributed by atoms with Gasteiger partial charge in [0.2, 0.25) is 0 Å². The second kappa shape index (κ2) is 11.6. The van der Waals surface area contributed by atoms with Gasteiger partial charge in [0.1, 0.15) is 4.90 Å². The summed E-state index contributed by atoms with van der Waals surface area (Å²) in [5, 5.41) is 1.67. The van der Waals surface area contributed by atoms with Gasteiger partial charge >= 0.3 is 10.1 Å². The summed E-state index contributed by atoms with van der Waals surface area (Å²) in [6.45, 7) is 4.07. The number of hydrogen-bond donors (Lipinski definition) is 0. The first-order valence-corrected chi connectivity index (χ1v) is 15.7. The van der Waals surface area contributed by atoms with Crippen molar-refractivity contribution >= 4 is 72.5 Å². The first kappa shape index (κ1) is 28.2. The van der Waals surface area contributed by atoms with Crippen LogP contribution in [0, 0.1) is 10.5 Å². The summed E-state index contributed by atoms with van der Waals surface area (Å²) in [7, 11) is -4.11. The van der Waals surface area contributed by atoms with Crippen molar-refractivity contribution in [1.29, 1.82) is 0 Å². The Bertz CT molecular complexity index is 1760. The van der Waals surface area contributed by atoms with Crippen LogP contribution in [0.4, 0.5) is 4.79 Å². The van der Waals surface area contributed by atoms with Crippen molar-refractivity contribution in [2.24, 2.45) is 0 Å². The van der Waals surface area contributed by atoms with Gasteiger partial charge in [0, 0.05) is 0 Å². The molecule has 0 unspecified atom stereocenters. The number of amides is 2. The van der Waals surface area contributed by atoms with Crippen molar-refractivity contribution in [3.63, 3.8) is 0 Å². The first-order chi connectivity index (χ1) is 19.2. The number of ether oxygens (including phenoxy) is 1. The molecule has 0 atom stereocenters. The molecule has 1 aliphatic heterocycles. The molecule has 1 fully saturated rings. The lowest BCUT2D eigenvalue weighted by Gasteiger charge is -2.15. The lowest BCUT2D eigenvalue weighted by atomic mass is 10.0. The number of rotatable bonds is 8. The van der Waals surface area contributed by atoms with Gasteiger partial charge < -0.3 is 8.92 Å². The van der Waals surface area contributed by atoms with E-state index in [9.17, 15) is 18.0 Å². The minimum atomic E-state index is -4.11. The fraction of sp³-hybridized carbons (Fsp3) is 0.133. The van der Waals surface area contributed by atoms with Crippen LogP contribution >= 0.6 is 34.4 Å². The highest BCUT2D eigenvalue weighted by Crippen LogP contribution is 2.39. The lowest BCUT2D eigenvalue weighted by Crippen LogP contribution is -2.27. The highest BCUT2D eigenvalue weighted by Gasteiger charge is 2.35. The number of benzene rings is 4. The Hall–Kier alpha value is -3.35. The second-order valence-electron chi connectivity index (χ2n) is 9.02. The van der Waals surface area contributed by atoms with Gasteiger partial charge in [0.15, 0.2) is 11.5 Å². The molecule has 1 heterocycles. The standard InChI is InChI=1S/C30H24INO6S2/c1-3-37-26-16-20(15-25(31)28(26)38-40(35,36)23-13-11-19(2)12-14-23)17-27-29(33)32(30(34)39-27)18-22-9-6-8-21-7-4-5-10-24(21)22/h4-17H,3,18H2,1-2H3/b27-17-. The normalized spacial score (nSPS) is 14.8. The lowest BCUT2D eigenvalue weighted by molar-refractivity contribution is -0.123. The number of thioether (sulfide) groups is 1. The minimum Gasteiger partial charge on any atom is -0.490 e. The predicted molar refractivity (Wildman–Crippen MR) is 165 cm³/mol. The van der Waals surface area contributed by atoms with Gasteiger partial charge in [-0.2, -0.15) is 8.42 Å². The maximum absolute atomic E-state index is 13.3. The van der Waals surface area contributed by atoms with Gasteiger partial charge in [-0.15, -0.1) is 0 Å². The van der Waals surface area contributed by atoms with Crippen LogP contribution in [0.15, 0.2) is 88.7 Å². The number of fused-ring (bicyclic) bond motifs is 1. The van der Waals surface area contributed by atoms with Crippen molar-refractivity contribution in [3.8, 4) is 11.5 Å². The SMILES string of the molecule is CCOc1cc(/C=C2\SC(=O)N(Cc3cccc4ccccc34)C2=O)cc(I)c1OS(=O)(=O)c1ccc(C)cc1. The Morgan fingerprint density at radius 2 is 1.70 bits per heavy atom. The number of halogens is 1. The minimum absolute atomic E-state index is 0.0280. The molecule has 0 saturated carbocycles. The monoisotopic (exact) mass is 685 g/mol. The van der Waals surface area contributed by atoms with E-state index in [1.807, 2.05) is 72.0 Å². The predicted octanol–water partition coefficient (Wildman–Crippen LogP) is 7.16. The Morgan fingerprint density at radius 3 is 2.45 bits per heavy atom. The molecule has 4 aromatic carbocycles. The molecule has 40 heavy (non-hydrogen) atoms. The molecule has 7 nitrogen and oxygen atoms in total. The first-order valence-electron chi connectivity index (χ1n) is 12.4. The van der Waals surface area contributed by atoms with Crippen LogP contribution < -0.4 is 8.92 Å². The highest BCUT2D eigenvalue weighted by atomic mass is 127. The van der Waals surface area contributed by atoms with E-state index in [1.165, 1.54) is 17.0 Å². The van der Waals surface area contributed by atoms with E-state index >= 15 is 0 Å². The Balaban J connectivity index is 1.43. The molecule has 2 amide bonds. The average Bonchev–Trinajstić information content (AvgIpc) is 3.18. The number of hydrogen-bond acceptors (Lipinski definition) is 7. The number of imide groups is 1. The Kier molecular flexibility index (Phi) is 8.20. The smallest absolute Gasteiger partial charge is 0.339 e. The largest absolute Gasteiger partial charge is 0.490 e. The van der Waals surface area contributed by atoms with E-state index in [1.54, 1.807) is 37.3 Å². The van der Waals surface area contributed by atoms with E-state index in [4.69, 9.17) is 8.92 Å². The molecule has 0 aliphatic carbocycles. The fourth-order valence-corrected chi connectivity index (χ4v) is 6.95. The van der Waals surface area contributed by atoms with Crippen molar-refractivity contribution < 1.29 is 26.9 Å². The summed E-state index contributed by atoms with van der Waals surface area (Å²) in [6, 6.07) is 23.3. The van der Waals surface area contributed by atoms with E-state index in [-0.39, 0.29) is 39.7 Å². The van der Waals surface area contributed by atoms with Crippen LogP contribution in [0.2, 0.25) is 0 Å². The van der Waals surface area contributed by atoms with Crippen molar-refractivity contribution in [2.75, 3.05) is 6.61 Å². The maximum Gasteiger partial charge on any atom is 0.339 e. The van der Waals surface area contributed by atoms with Crippen LogP contribution in [-0.2, 0) is 21.5 Å². The summed E-state index contributed by atoms with van der Waals surface area (Å²) >= 11 is 2.84. The van der Waals surface area contributed by atoms with Crippen LogP contribution in [0.25, 0.3) is 16.8 Å². The van der Waals surface area contributed by atoms with Crippen LogP contribution in [-0.4, -0.2) is 31.1 Å². The zero-order valence-electron chi connectivity index (χ0n) is 21.6. The summed E-state index contributed by atoms with van der Waals surface area (Å²) in [5.74, 6) is -0.117. The van der Waals surface area contributed by atoms with Gasteiger partial charge in [-0.3, -0.25) is 14.5 Å². The molecular formula is C30H24INO6S2. The molecule has 4 aromatic rings.